The quantitative estimate of drug-likeness (QED) is 0.550. The van der Waals surface area contributed by atoms with Gasteiger partial charge in [-0.25, -0.2) is 0 Å². The molecule has 16 heavy (non-hydrogen) atoms. The Kier molecular flexibility index (Phi) is 4.61. The molecule has 0 aliphatic carbocycles. The van der Waals surface area contributed by atoms with E-state index in [0.717, 1.165) is 19.3 Å². The summed E-state index contributed by atoms with van der Waals surface area (Å²) in [6.45, 7) is 6.37. The third-order valence-electron chi connectivity index (χ3n) is 3.37. The van der Waals surface area contributed by atoms with Gasteiger partial charge in [0.25, 0.3) is 0 Å². The Morgan fingerprint density at radius 1 is 1.44 bits per heavy atom. The lowest BCUT2D eigenvalue weighted by Crippen LogP contribution is -2.47. The van der Waals surface area contributed by atoms with Crippen LogP contribution in [0.4, 0.5) is 13.2 Å². The molecule has 0 amide bonds. The Labute approximate surface area is 96.3 Å². The molecule has 0 aromatic carbocycles. The van der Waals surface area contributed by atoms with E-state index in [4.69, 9.17) is 4.74 Å². The van der Waals surface area contributed by atoms with Gasteiger partial charge < -0.3 is 4.74 Å². The fraction of sp³-hybridized carbons (Fsp3) is 0.818. The zero-order valence-electron chi connectivity index (χ0n) is 9.65. The average molecular weight is 252 g/mol. The molecule has 2 unspecified atom stereocenters. The number of hydrogen-bond donors (Lipinski definition) is 0. The maximum Gasteiger partial charge on any atom is 0.388 e. The van der Waals surface area contributed by atoms with Gasteiger partial charge >= 0.3 is 6.18 Å². The van der Waals surface area contributed by atoms with Crippen LogP contribution < -0.4 is 0 Å². The van der Waals surface area contributed by atoms with Crippen molar-refractivity contribution in [1.82, 2.24) is 0 Å². The summed E-state index contributed by atoms with van der Waals surface area (Å²) < 4.78 is 42.2. The van der Waals surface area contributed by atoms with Gasteiger partial charge in [-0.2, -0.15) is 13.2 Å². The summed E-state index contributed by atoms with van der Waals surface area (Å²) in [7, 11) is -1.58. The van der Waals surface area contributed by atoms with Crippen LogP contribution in [0.3, 0.4) is 0 Å². The Morgan fingerprint density at radius 2 is 2.12 bits per heavy atom. The molecule has 1 heterocycles. The van der Waals surface area contributed by atoms with Gasteiger partial charge in [-0.3, -0.25) is 0 Å². The van der Waals surface area contributed by atoms with Crippen LogP contribution in [0.15, 0.2) is 12.7 Å². The minimum absolute atomic E-state index is 0.246. The van der Waals surface area contributed by atoms with E-state index in [1.807, 2.05) is 6.55 Å². The number of ether oxygens (including phenoxy) is 1. The summed E-state index contributed by atoms with van der Waals surface area (Å²) in [6, 6.07) is 0.246. The molecule has 5 heteroatoms. The second kappa shape index (κ2) is 5.36. The van der Waals surface area contributed by atoms with Crippen molar-refractivity contribution < 1.29 is 17.9 Å². The number of alkyl halides is 3. The molecule has 0 saturated carbocycles. The van der Waals surface area contributed by atoms with Gasteiger partial charge in [0.15, 0.2) is 0 Å². The van der Waals surface area contributed by atoms with Gasteiger partial charge in [0.05, 0.1) is 14.0 Å². The summed E-state index contributed by atoms with van der Waals surface area (Å²) in [4.78, 5) is 0. The van der Waals surface area contributed by atoms with Crippen molar-refractivity contribution in [2.24, 2.45) is 0 Å². The number of hydrogen-bond acceptors (Lipinski definition) is 1. The minimum atomic E-state index is -4.04. The Morgan fingerprint density at radius 3 is 2.56 bits per heavy atom. The third kappa shape index (κ3) is 3.63. The first kappa shape index (κ1) is 13.8. The molecule has 0 spiro atoms. The van der Waals surface area contributed by atoms with Gasteiger partial charge in [-0.1, -0.05) is 12.6 Å². The van der Waals surface area contributed by atoms with Crippen LogP contribution >= 0.6 is 0 Å². The largest absolute Gasteiger partial charge is 0.388 e. The lowest BCUT2D eigenvalue weighted by molar-refractivity contribution is -0.131. The van der Waals surface area contributed by atoms with E-state index in [0.29, 0.717) is 6.61 Å². The summed E-state index contributed by atoms with van der Waals surface area (Å²) in [5.74, 6) is 0. The minimum Gasteiger partial charge on any atom is -0.375 e. The molecule has 1 saturated heterocycles. The van der Waals surface area contributed by atoms with E-state index in [1.54, 1.807) is 6.08 Å². The average Bonchev–Trinajstić information content (AvgIpc) is 2.25. The molecule has 1 nitrogen and oxygen atoms in total. The smallest absolute Gasteiger partial charge is 0.375 e. The zero-order chi connectivity index (χ0) is 12.2. The second-order valence-electron chi connectivity index (χ2n) is 4.52. The molecule has 0 bridgehead atoms. The van der Waals surface area contributed by atoms with E-state index >= 15 is 0 Å². The predicted molar refractivity (Wildman–Crippen MR) is 61.2 cm³/mol. The molecule has 0 radical (unpaired) electrons. The summed E-state index contributed by atoms with van der Waals surface area (Å²) in [5, 5.41) is -0.399. The van der Waals surface area contributed by atoms with Crippen LogP contribution in [0.25, 0.3) is 0 Å². The van der Waals surface area contributed by atoms with Crippen molar-refractivity contribution in [1.29, 1.82) is 0 Å². The van der Waals surface area contributed by atoms with Gasteiger partial charge in [0.2, 0.25) is 0 Å². The van der Waals surface area contributed by atoms with Crippen molar-refractivity contribution in [3.8, 4) is 0 Å². The van der Waals surface area contributed by atoms with Crippen molar-refractivity contribution >= 4 is 8.80 Å². The molecular weight excluding hydrogens is 233 g/mol. The van der Waals surface area contributed by atoms with Crippen LogP contribution in [0.2, 0.25) is 12.6 Å². The lowest BCUT2D eigenvalue weighted by Gasteiger charge is -2.39. The maximum atomic E-state index is 12.2. The lowest BCUT2D eigenvalue weighted by atomic mass is 10.1. The van der Waals surface area contributed by atoms with Crippen LogP contribution in [0.1, 0.15) is 25.7 Å². The van der Waals surface area contributed by atoms with Crippen molar-refractivity contribution in [3.05, 3.63) is 12.7 Å². The third-order valence-corrected chi connectivity index (χ3v) is 6.89. The van der Waals surface area contributed by atoms with Gasteiger partial charge in [0.1, 0.15) is 0 Å². The van der Waals surface area contributed by atoms with Gasteiger partial charge in [-0.05, 0) is 25.3 Å². The molecule has 0 N–H and O–H groups in total. The summed E-state index contributed by atoms with van der Waals surface area (Å²) in [6.07, 6.45) is -0.0792. The Bertz CT molecular complexity index is 234. The molecule has 1 aliphatic rings. The number of halogens is 3. The zero-order valence-corrected chi connectivity index (χ0v) is 10.8. The Hall–Kier alpha value is -0.293. The highest BCUT2D eigenvalue weighted by atomic mass is 28.3. The fourth-order valence-electron chi connectivity index (χ4n) is 2.21. The van der Waals surface area contributed by atoms with E-state index in [1.165, 1.54) is 0 Å². The topological polar surface area (TPSA) is 9.23 Å². The number of rotatable bonds is 4. The molecule has 94 valence electrons. The summed E-state index contributed by atoms with van der Waals surface area (Å²) >= 11 is 0. The molecule has 1 fully saturated rings. The second-order valence-corrected chi connectivity index (χ2v) is 7.88. The predicted octanol–water partition coefficient (Wildman–Crippen LogP) is 3.46. The monoisotopic (exact) mass is 252 g/mol. The maximum absolute atomic E-state index is 12.2. The molecule has 1 aliphatic heterocycles. The van der Waals surface area contributed by atoms with E-state index in [9.17, 15) is 13.2 Å². The first-order valence-electron chi connectivity index (χ1n) is 5.74. The van der Waals surface area contributed by atoms with Crippen LogP contribution in [0, 0.1) is 0 Å². The molecule has 2 atom stereocenters. The van der Waals surface area contributed by atoms with Crippen molar-refractivity contribution in [3.63, 3.8) is 0 Å². The van der Waals surface area contributed by atoms with Crippen LogP contribution in [-0.4, -0.2) is 26.8 Å². The molecule has 0 aromatic heterocycles. The van der Waals surface area contributed by atoms with E-state index in [2.05, 4.69) is 6.58 Å². The molecule has 1 rings (SSSR count). The summed E-state index contributed by atoms with van der Waals surface area (Å²) in [5.41, 5.74) is 0. The Balaban J connectivity index is 2.55. The fourth-order valence-corrected chi connectivity index (χ4v) is 4.96. The standard InChI is InChI=1S/C11H19F3OSi/c1-3-10(6-4-5-8-15-10)16(2)9-7-11(12,13)14/h3,16H,1,4-9H2,2H3. The van der Waals surface area contributed by atoms with E-state index in [-0.39, 0.29) is 6.04 Å². The van der Waals surface area contributed by atoms with Crippen molar-refractivity contribution in [2.75, 3.05) is 6.61 Å². The first-order chi connectivity index (χ1) is 7.40. The highest BCUT2D eigenvalue weighted by Crippen LogP contribution is 2.33. The SMILES string of the molecule is C=CC1([SiH](C)CCC(F)(F)F)CCCCO1. The molecule has 0 aromatic rings. The normalized spacial score (nSPS) is 28.8. The first-order valence-corrected chi connectivity index (χ1v) is 8.29. The highest BCUT2D eigenvalue weighted by Gasteiger charge is 2.39. The van der Waals surface area contributed by atoms with Crippen LogP contribution in [-0.2, 0) is 4.74 Å². The van der Waals surface area contributed by atoms with Crippen molar-refractivity contribution in [2.45, 2.75) is 49.7 Å². The highest BCUT2D eigenvalue weighted by molar-refractivity contribution is 6.61. The molecular formula is C11H19F3OSi. The van der Waals surface area contributed by atoms with Crippen LogP contribution in [0.5, 0.6) is 0 Å². The van der Waals surface area contributed by atoms with Gasteiger partial charge in [0, 0.05) is 13.0 Å². The van der Waals surface area contributed by atoms with Gasteiger partial charge in [-0.15, -0.1) is 6.58 Å². The van der Waals surface area contributed by atoms with E-state index < -0.39 is 26.6 Å².